The van der Waals surface area contributed by atoms with Gasteiger partial charge in [-0.1, -0.05) is 0 Å². The number of nitrogens with zero attached hydrogens (tertiary/aromatic N) is 3. The number of aromatic nitrogens is 1. The maximum atomic E-state index is 14.0. The van der Waals surface area contributed by atoms with Gasteiger partial charge in [0.25, 0.3) is 0 Å². The predicted molar refractivity (Wildman–Crippen MR) is 122 cm³/mol. The van der Waals surface area contributed by atoms with Crippen molar-refractivity contribution in [3.05, 3.63) is 64.7 Å². The molecule has 11 heteroatoms. The van der Waals surface area contributed by atoms with Crippen LogP contribution < -0.4 is 14.4 Å². The average molecular weight is 496 g/mol. The molecule has 33 heavy (non-hydrogen) atoms. The molecule has 0 bridgehead atoms. The van der Waals surface area contributed by atoms with E-state index in [2.05, 4.69) is 0 Å². The Bertz CT molecular complexity index is 1240. The number of thiazole rings is 1. The highest BCUT2D eigenvalue weighted by molar-refractivity contribution is 7.89. The Balaban J connectivity index is 1.43. The third kappa shape index (κ3) is 4.94. The lowest BCUT2D eigenvalue weighted by atomic mass is 10.1. The summed E-state index contributed by atoms with van der Waals surface area (Å²) < 4.78 is 64.7. The van der Waals surface area contributed by atoms with Gasteiger partial charge < -0.3 is 14.4 Å². The zero-order valence-electron chi connectivity index (χ0n) is 18.1. The van der Waals surface area contributed by atoms with Crippen molar-refractivity contribution in [3.8, 4) is 11.5 Å². The van der Waals surface area contributed by atoms with Gasteiger partial charge in [0, 0.05) is 49.6 Å². The van der Waals surface area contributed by atoms with Gasteiger partial charge >= 0.3 is 0 Å². The van der Waals surface area contributed by atoms with Gasteiger partial charge in [0.05, 0.1) is 19.9 Å². The highest BCUT2D eigenvalue weighted by Crippen LogP contribution is 2.29. The summed E-state index contributed by atoms with van der Waals surface area (Å²) in [5, 5.41) is 2.75. The molecular weight excluding hydrogens is 472 g/mol. The minimum atomic E-state index is -4.04. The van der Waals surface area contributed by atoms with E-state index in [9.17, 15) is 17.2 Å². The van der Waals surface area contributed by atoms with Crippen LogP contribution in [0.2, 0.25) is 0 Å². The summed E-state index contributed by atoms with van der Waals surface area (Å²) in [6, 6.07) is 8.09. The molecule has 1 saturated heterocycles. The Kier molecular flexibility index (Phi) is 6.82. The number of hydrogen-bond donors (Lipinski definition) is 0. The van der Waals surface area contributed by atoms with Crippen molar-refractivity contribution in [2.45, 2.75) is 11.3 Å². The lowest BCUT2D eigenvalue weighted by Gasteiger charge is -2.33. The number of anilines is 1. The van der Waals surface area contributed by atoms with Crippen molar-refractivity contribution in [3.63, 3.8) is 0 Å². The Morgan fingerprint density at radius 1 is 1.03 bits per heavy atom. The van der Waals surface area contributed by atoms with Crippen LogP contribution in [0.5, 0.6) is 11.5 Å². The predicted octanol–water partition coefficient (Wildman–Crippen LogP) is 3.54. The van der Waals surface area contributed by atoms with Crippen LogP contribution in [0.1, 0.15) is 11.3 Å². The van der Waals surface area contributed by atoms with Crippen molar-refractivity contribution < 1.29 is 26.7 Å². The largest absolute Gasteiger partial charge is 0.497 e. The fourth-order valence-electron chi connectivity index (χ4n) is 3.68. The maximum Gasteiger partial charge on any atom is 0.246 e. The van der Waals surface area contributed by atoms with Crippen molar-refractivity contribution in [2.24, 2.45) is 0 Å². The SMILES string of the molecule is COc1ccc(OC)c(Cc2csc(N3CCN(S(=O)(=O)c4ccc(F)cc4F)CC3)n2)c1. The molecule has 1 aliphatic rings. The highest BCUT2D eigenvalue weighted by Gasteiger charge is 2.31. The minimum Gasteiger partial charge on any atom is -0.497 e. The van der Waals surface area contributed by atoms with E-state index < -0.39 is 26.6 Å². The Hall–Kier alpha value is -2.76. The lowest BCUT2D eigenvalue weighted by molar-refractivity contribution is 0.382. The molecule has 0 aliphatic carbocycles. The monoisotopic (exact) mass is 495 g/mol. The summed E-state index contributed by atoms with van der Waals surface area (Å²) in [4.78, 5) is 6.20. The van der Waals surface area contributed by atoms with Crippen molar-refractivity contribution in [1.82, 2.24) is 9.29 Å². The van der Waals surface area contributed by atoms with Gasteiger partial charge in [-0.05, 0) is 30.3 Å². The van der Waals surface area contributed by atoms with Gasteiger partial charge in [0.1, 0.15) is 28.0 Å². The smallest absolute Gasteiger partial charge is 0.246 e. The molecule has 2 heterocycles. The van der Waals surface area contributed by atoms with Gasteiger partial charge in [0.2, 0.25) is 10.0 Å². The molecule has 1 fully saturated rings. The van der Waals surface area contributed by atoms with Gasteiger partial charge in [-0.25, -0.2) is 22.2 Å². The van der Waals surface area contributed by atoms with E-state index in [1.54, 1.807) is 14.2 Å². The second-order valence-electron chi connectivity index (χ2n) is 7.44. The molecule has 4 rings (SSSR count). The molecule has 0 saturated carbocycles. The van der Waals surface area contributed by atoms with E-state index in [-0.39, 0.29) is 13.1 Å². The van der Waals surface area contributed by atoms with Gasteiger partial charge in [0.15, 0.2) is 5.13 Å². The second-order valence-corrected chi connectivity index (χ2v) is 10.2. The summed E-state index contributed by atoms with van der Waals surface area (Å²) >= 11 is 1.48. The molecule has 1 aromatic heterocycles. The Morgan fingerprint density at radius 3 is 2.45 bits per heavy atom. The standard InChI is InChI=1S/C22H23F2N3O4S2/c1-30-18-4-5-20(31-2)15(12-18)11-17-14-32-22(25-17)26-7-9-27(10-8-26)33(28,29)21-6-3-16(23)13-19(21)24/h3-6,12-14H,7-11H2,1-2H3. The quantitative estimate of drug-likeness (QED) is 0.499. The number of sulfonamides is 1. The van der Waals surface area contributed by atoms with E-state index in [4.69, 9.17) is 14.5 Å². The first kappa shape index (κ1) is 23.4. The number of piperazine rings is 1. The van der Waals surface area contributed by atoms with Crippen molar-refractivity contribution >= 4 is 26.5 Å². The summed E-state index contributed by atoms with van der Waals surface area (Å²) in [5.74, 6) is -0.425. The molecule has 3 aromatic rings. The Labute approximate surface area is 195 Å². The molecule has 0 spiro atoms. The van der Waals surface area contributed by atoms with Crippen LogP contribution in [0.25, 0.3) is 0 Å². The number of methoxy groups -OCH3 is 2. The molecule has 0 unspecified atom stereocenters. The number of ether oxygens (including phenoxy) is 2. The van der Waals surface area contributed by atoms with Gasteiger partial charge in [-0.15, -0.1) is 11.3 Å². The summed E-state index contributed by atoms with van der Waals surface area (Å²) in [6.07, 6.45) is 0.565. The molecule has 0 amide bonds. The van der Waals surface area contributed by atoms with Gasteiger partial charge in [-0.2, -0.15) is 4.31 Å². The van der Waals surface area contributed by atoms with Crippen LogP contribution in [-0.4, -0.2) is 58.1 Å². The molecule has 0 N–H and O–H groups in total. The third-order valence-electron chi connectivity index (χ3n) is 5.42. The number of benzene rings is 2. The molecule has 176 valence electrons. The number of hydrogen-bond acceptors (Lipinski definition) is 7. The first-order valence-electron chi connectivity index (χ1n) is 10.2. The van der Waals surface area contributed by atoms with E-state index in [0.29, 0.717) is 25.6 Å². The fraction of sp³-hybridized carbons (Fsp3) is 0.318. The fourth-order valence-corrected chi connectivity index (χ4v) is 6.03. The first-order chi connectivity index (χ1) is 15.8. The van der Waals surface area contributed by atoms with Crippen LogP contribution >= 0.6 is 11.3 Å². The van der Waals surface area contributed by atoms with Crippen molar-refractivity contribution in [1.29, 1.82) is 0 Å². The minimum absolute atomic E-state index is 0.178. The van der Waals surface area contributed by atoms with Crippen LogP contribution in [0.3, 0.4) is 0 Å². The van der Waals surface area contributed by atoms with Crippen LogP contribution in [-0.2, 0) is 16.4 Å². The summed E-state index contributed by atoms with van der Waals surface area (Å²) in [7, 11) is -0.820. The molecule has 0 atom stereocenters. The normalized spacial score (nSPS) is 15.0. The molecule has 7 nitrogen and oxygen atoms in total. The van der Waals surface area contributed by atoms with E-state index in [1.165, 1.54) is 15.6 Å². The maximum absolute atomic E-state index is 14.0. The molecular formula is C22H23F2N3O4S2. The number of halogens is 2. The zero-order valence-corrected chi connectivity index (χ0v) is 19.8. The first-order valence-corrected chi connectivity index (χ1v) is 12.5. The molecule has 1 aliphatic heterocycles. The van der Waals surface area contributed by atoms with Gasteiger partial charge in [-0.3, -0.25) is 0 Å². The van der Waals surface area contributed by atoms with Crippen LogP contribution in [0.15, 0.2) is 46.7 Å². The molecule has 2 aromatic carbocycles. The lowest BCUT2D eigenvalue weighted by Crippen LogP contribution is -2.48. The highest BCUT2D eigenvalue weighted by atomic mass is 32.2. The average Bonchev–Trinajstić information content (AvgIpc) is 3.27. The summed E-state index contributed by atoms with van der Waals surface area (Å²) in [6.45, 7) is 1.19. The number of rotatable bonds is 7. The van der Waals surface area contributed by atoms with E-state index in [1.807, 2.05) is 28.5 Å². The molecule has 0 radical (unpaired) electrons. The van der Waals surface area contributed by atoms with Crippen LogP contribution in [0, 0.1) is 11.6 Å². The van der Waals surface area contributed by atoms with Crippen molar-refractivity contribution in [2.75, 3.05) is 45.3 Å². The third-order valence-corrected chi connectivity index (χ3v) is 8.30. The topological polar surface area (TPSA) is 72.0 Å². The summed E-state index contributed by atoms with van der Waals surface area (Å²) in [5.41, 5.74) is 1.82. The van der Waals surface area contributed by atoms with E-state index in [0.717, 1.165) is 40.0 Å². The second kappa shape index (κ2) is 9.62. The zero-order chi connectivity index (χ0) is 23.6. The van der Waals surface area contributed by atoms with E-state index >= 15 is 0 Å². The Morgan fingerprint density at radius 2 is 1.79 bits per heavy atom. The van der Waals surface area contributed by atoms with Crippen LogP contribution in [0.4, 0.5) is 13.9 Å².